The van der Waals surface area contributed by atoms with Gasteiger partial charge in [-0.25, -0.2) is 0 Å². The number of hydrogen-bond acceptors (Lipinski definition) is 4. The lowest BCUT2D eigenvalue weighted by Crippen LogP contribution is -2.29. The maximum absolute atomic E-state index is 11.9. The van der Waals surface area contributed by atoms with E-state index in [9.17, 15) is 9.59 Å². The number of rotatable bonds is 2. The van der Waals surface area contributed by atoms with Gasteiger partial charge in [-0.15, -0.1) is 0 Å². The van der Waals surface area contributed by atoms with Crippen molar-refractivity contribution in [1.82, 2.24) is 0 Å². The van der Waals surface area contributed by atoms with Crippen LogP contribution in [0.5, 0.6) is 0 Å². The zero-order valence-corrected chi connectivity index (χ0v) is 12.7. The third kappa shape index (κ3) is 3.81. The second-order valence-corrected chi connectivity index (χ2v) is 5.20. The molecule has 2 aromatic rings. The summed E-state index contributed by atoms with van der Waals surface area (Å²) in [5.74, 6) is -1.78. The van der Waals surface area contributed by atoms with Crippen LogP contribution in [-0.4, -0.2) is 11.8 Å². The van der Waals surface area contributed by atoms with Crippen molar-refractivity contribution in [3.63, 3.8) is 0 Å². The highest BCUT2D eigenvalue weighted by molar-refractivity contribution is 6.45. The molecule has 0 aromatic heterocycles. The van der Waals surface area contributed by atoms with E-state index in [1.165, 1.54) is 24.3 Å². The van der Waals surface area contributed by atoms with E-state index in [1.807, 2.05) is 0 Å². The lowest BCUT2D eigenvalue weighted by molar-refractivity contribution is -0.132. The second kappa shape index (κ2) is 6.55. The Balaban J connectivity index is 2.07. The number of halogens is 2. The van der Waals surface area contributed by atoms with Gasteiger partial charge in [0, 0.05) is 11.4 Å². The first-order valence-corrected chi connectivity index (χ1v) is 6.85. The normalized spacial score (nSPS) is 10.1. The van der Waals surface area contributed by atoms with E-state index in [4.69, 9.17) is 34.7 Å². The fraction of sp³-hybridized carbons (Fsp3) is 0. The van der Waals surface area contributed by atoms with Crippen molar-refractivity contribution in [3.05, 3.63) is 46.4 Å². The number of benzene rings is 2. The quantitative estimate of drug-likeness (QED) is 0.498. The molecule has 0 spiro atoms. The van der Waals surface area contributed by atoms with E-state index in [2.05, 4.69) is 10.6 Å². The number of nitrogen functional groups attached to an aromatic ring is 2. The predicted octanol–water partition coefficient (Wildman–Crippen LogP) is 2.74. The first-order valence-electron chi connectivity index (χ1n) is 6.09. The van der Waals surface area contributed by atoms with E-state index in [1.54, 1.807) is 12.1 Å². The number of carbonyl (C=O) groups excluding carboxylic acids is 2. The molecule has 0 saturated carbocycles. The monoisotopic (exact) mass is 338 g/mol. The summed E-state index contributed by atoms with van der Waals surface area (Å²) in [5, 5.41) is 5.22. The van der Waals surface area contributed by atoms with Gasteiger partial charge in [-0.3, -0.25) is 9.59 Å². The zero-order valence-electron chi connectivity index (χ0n) is 11.2. The molecule has 22 heavy (non-hydrogen) atoms. The molecule has 0 fully saturated rings. The van der Waals surface area contributed by atoms with Gasteiger partial charge in [0.05, 0.1) is 21.4 Å². The highest BCUT2D eigenvalue weighted by Gasteiger charge is 2.16. The number of nitrogens with two attached hydrogens (primary N) is 2. The predicted molar refractivity (Wildman–Crippen MR) is 89.0 cm³/mol. The highest BCUT2D eigenvalue weighted by atomic mass is 35.5. The molecule has 0 saturated heterocycles. The van der Waals surface area contributed by atoms with Crippen molar-refractivity contribution in [2.24, 2.45) is 0 Å². The molecule has 6 N–H and O–H groups in total. The van der Waals surface area contributed by atoms with E-state index in [-0.39, 0.29) is 21.4 Å². The number of carbonyl (C=O) groups is 2. The molecule has 0 atom stereocenters. The lowest BCUT2D eigenvalue weighted by Gasteiger charge is -2.09. The summed E-state index contributed by atoms with van der Waals surface area (Å²) in [6.07, 6.45) is 0. The van der Waals surface area contributed by atoms with Crippen molar-refractivity contribution < 1.29 is 9.59 Å². The molecule has 0 aliphatic heterocycles. The summed E-state index contributed by atoms with van der Waals surface area (Å²) in [5.41, 5.74) is 12.5. The standard InChI is InChI=1S/C14H12Cl2N4O2/c15-9-5-7(17)1-3-11(9)19-13(21)14(22)20-12-4-2-8(18)6-10(12)16/h1-6H,17-18H2,(H,19,21)(H,20,22). The SMILES string of the molecule is Nc1ccc(NC(=O)C(=O)Nc2ccc(N)cc2Cl)c(Cl)c1. The van der Waals surface area contributed by atoms with Crippen LogP contribution >= 0.6 is 23.2 Å². The maximum atomic E-state index is 11.9. The third-order valence-electron chi connectivity index (χ3n) is 2.69. The molecule has 2 amide bonds. The largest absolute Gasteiger partial charge is 0.399 e. The topological polar surface area (TPSA) is 110 Å². The Kier molecular flexibility index (Phi) is 4.75. The van der Waals surface area contributed by atoms with Gasteiger partial charge in [0.2, 0.25) is 0 Å². The summed E-state index contributed by atoms with van der Waals surface area (Å²) < 4.78 is 0. The van der Waals surface area contributed by atoms with Gasteiger partial charge in [-0.05, 0) is 36.4 Å². The minimum Gasteiger partial charge on any atom is -0.399 e. The molecule has 2 rings (SSSR count). The van der Waals surface area contributed by atoms with Crippen molar-refractivity contribution in [1.29, 1.82) is 0 Å². The van der Waals surface area contributed by atoms with Crippen LogP contribution in [-0.2, 0) is 9.59 Å². The van der Waals surface area contributed by atoms with Crippen LogP contribution in [0.2, 0.25) is 10.0 Å². The maximum Gasteiger partial charge on any atom is 0.314 e. The molecule has 0 heterocycles. The van der Waals surface area contributed by atoms with Crippen LogP contribution in [0.1, 0.15) is 0 Å². The van der Waals surface area contributed by atoms with Gasteiger partial charge in [0.25, 0.3) is 0 Å². The summed E-state index contributed by atoms with van der Waals surface area (Å²) in [7, 11) is 0. The number of amides is 2. The van der Waals surface area contributed by atoms with E-state index < -0.39 is 11.8 Å². The third-order valence-corrected chi connectivity index (χ3v) is 3.31. The Hall–Kier alpha value is -2.44. The Morgan fingerprint density at radius 1 is 0.773 bits per heavy atom. The van der Waals surface area contributed by atoms with Crippen molar-refractivity contribution in [3.8, 4) is 0 Å². The molecular formula is C14H12Cl2N4O2. The van der Waals surface area contributed by atoms with Crippen LogP contribution in [0.15, 0.2) is 36.4 Å². The Bertz CT molecular complexity index is 686. The Morgan fingerprint density at radius 3 is 1.45 bits per heavy atom. The molecular weight excluding hydrogens is 327 g/mol. The van der Waals surface area contributed by atoms with Gasteiger partial charge in [0.1, 0.15) is 0 Å². The summed E-state index contributed by atoms with van der Waals surface area (Å²) >= 11 is 11.8. The number of anilines is 4. The summed E-state index contributed by atoms with van der Waals surface area (Å²) in [6.45, 7) is 0. The molecule has 114 valence electrons. The van der Waals surface area contributed by atoms with Gasteiger partial charge < -0.3 is 22.1 Å². The average Bonchev–Trinajstić information content (AvgIpc) is 2.44. The number of hydrogen-bond donors (Lipinski definition) is 4. The van der Waals surface area contributed by atoms with E-state index >= 15 is 0 Å². The highest BCUT2D eigenvalue weighted by Crippen LogP contribution is 2.25. The number of nitrogens with one attached hydrogen (secondary N) is 2. The molecule has 2 aromatic carbocycles. The van der Waals surface area contributed by atoms with Crippen molar-refractivity contribution in [2.75, 3.05) is 22.1 Å². The smallest absolute Gasteiger partial charge is 0.314 e. The molecule has 8 heteroatoms. The van der Waals surface area contributed by atoms with Crippen LogP contribution in [0.4, 0.5) is 22.7 Å². The Morgan fingerprint density at radius 2 is 1.14 bits per heavy atom. The van der Waals surface area contributed by atoms with Crippen molar-refractivity contribution in [2.45, 2.75) is 0 Å². The van der Waals surface area contributed by atoms with E-state index in [0.29, 0.717) is 11.4 Å². The lowest BCUT2D eigenvalue weighted by atomic mass is 10.2. The van der Waals surface area contributed by atoms with E-state index in [0.717, 1.165) is 0 Å². The minimum absolute atomic E-state index is 0.228. The molecule has 0 radical (unpaired) electrons. The first kappa shape index (κ1) is 15.9. The zero-order chi connectivity index (χ0) is 16.3. The fourth-order valence-corrected chi connectivity index (χ4v) is 2.10. The molecule has 0 aliphatic carbocycles. The molecule has 0 bridgehead atoms. The summed E-state index contributed by atoms with van der Waals surface area (Å²) in [4.78, 5) is 23.7. The second-order valence-electron chi connectivity index (χ2n) is 4.39. The van der Waals surface area contributed by atoms with Gasteiger partial charge >= 0.3 is 11.8 Å². The summed E-state index contributed by atoms with van der Waals surface area (Å²) in [6, 6.07) is 9.03. The Labute approximate surface area is 136 Å². The molecule has 0 unspecified atom stereocenters. The molecule has 0 aliphatic rings. The van der Waals surface area contributed by atoms with Crippen LogP contribution in [0.3, 0.4) is 0 Å². The van der Waals surface area contributed by atoms with Crippen LogP contribution in [0.25, 0.3) is 0 Å². The van der Waals surface area contributed by atoms with Gasteiger partial charge in [-0.1, -0.05) is 23.2 Å². The minimum atomic E-state index is -0.889. The van der Waals surface area contributed by atoms with Gasteiger partial charge in [-0.2, -0.15) is 0 Å². The van der Waals surface area contributed by atoms with Crippen LogP contribution < -0.4 is 22.1 Å². The van der Waals surface area contributed by atoms with Crippen molar-refractivity contribution >= 4 is 57.8 Å². The van der Waals surface area contributed by atoms with Crippen LogP contribution in [0, 0.1) is 0 Å². The average molecular weight is 339 g/mol. The first-order chi connectivity index (χ1) is 10.4. The fourth-order valence-electron chi connectivity index (χ4n) is 1.62. The molecule has 6 nitrogen and oxygen atoms in total. The van der Waals surface area contributed by atoms with Gasteiger partial charge in [0.15, 0.2) is 0 Å².